The van der Waals surface area contributed by atoms with E-state index in [0.717, 1.165) is 34.6 Å². The Morgan fingerprint density at radius 1 is 1.22 bits per heavy atom. The van der Waals surface area contributed by atoms with Gasteiger partial charge in [-0.15, -0.1) is 0 Å². The SMILES string of the molecule is C=C/C=C\C=C(/CC)OC.Cc1ccc2c(c1)nc(COc1cccc(C(=O)O)c1)n2C. The molecule has 0 unspecified atom stereocenters. The standard InChI is InChI=1S/C17H16N2O3.C9H14O/c1-11-6-7-15-14(8-11)18-16(19(15)2)10-22-13-5-3-4-12(9-13)17(20)21;1-4-6-7-8-9(5-2)10-3/h3-9H,10H2,1-2H3,(H,20,21);4,6-8H,1,5H2,2-3H3/b;7-6-,9-8+. The average molecular weight is 435 g/mol. The zero-order valence-corrected chi connectivity index (χ0v) is 19.0. The number of aromatic carboxylic acids is 1. The van der Waals surface area contributed by atoms with Crippen molar-refractivity contribution in [2.24, 2.45) is 7.05 Å². The zero-order chi connectivity index (χ0) is 23.5. The van der Waals surface area contributed by atoms with Crippen LogP contribution in [0.5, 0.6) is 5.75 Å². The second kappa shape index (κ2) is 12.2. The summed E-state index contributed by atoms with van der Waals surface area (Å²) in [4.78, 5) is 15.5. The van der Waals surface area contributed by atoms with Crippen LogP contribution in [0, 0.1) is 6.92 Å². The number of aryl methyl sites for hydroxylation is 2. The highest BCUT2D eigenvalue weighted by Gasteiger charge is 2.09. The molecule has 0 aliphatic heterocycles. The predicted molar refractivity (Wildman–Crippen MR) is 128 cm³/mol. The Labute approximate surface area is 189 Å². The number of hydrogen-bond acceptors (Lipinski definition) is 4. The highest BCUT2D eigenvalue weighted by Crippen LogP contribution is 2.19. The van der Waals surface area contributed by atoms with Gasteiger partial charge in [0.15, 0.2) is 0 Å². The number of nitrogens with zero attached hydrogens (tertiary/aromatic N) is 2. The van der Waals surface area contributed by atoms with Gasteiger partial charge in [-0.2, -0.15) is 0 Å². The van der Waals surface area contributed by atoms with E-state index in [1.807, 2.05) is 55.0 Å². The maximum Gasteiger partial charge on any atom is 0.335 e. The maximum absolute atomic E-state index is 11.0. The number of methoxy groups -OCH3 is 1. The third-order valence-corrected chi connectivity index (χ3v) is 4.72. The predicted octanol–water partition coefficient (Wildman–Crippen LogP) is 5.83. The van der Waals surface area contributed by atoms with Gasteiger partial charge in [-0.1, -0.05) is 43.9 Å². The molecule has 0 aliphatic carbocycles. The van der Waals surface area contributed by atoms with E-state index in [1.54, 1.807) is 25.3 Å². The molecule has 2 aromatic carbocycles. The molecule has 1 N–H and O–H groups in total. The van der Waals surface area contributed by atoms with Crippen molar-refractivity contribution >= 4 is 17.0 Å². The Balaban J connectivity index is 0.000000309. The first-order valence-corrected chi connectivity index (χ1v) is 10.3. The molecule has 0 amide bonds. The number of rotatable bonds is 8. The number of ether oxygens (including phenoxy) is 2. The highest BCUT2D eigenvalue weighted by atomic mass is 16.5. The largest absolute Gasteiger partial charge is 0.501 e. The van der Waals surface area contributed by atoms with E-state index in [9.17, 15) is 4.79 Å². The van der Waals surface area contributed by atoms with Crippen LogP contribution in [0.2, 0.25) is 0 Å². The van der Waals surface area contributed by atoms with E-state index in [0.29, 0.717) is 5.75 Å². The maximum atomic E-state index is 11.0. The number of fused-ring (bicyclic) bond motifs is 1. The van der Waals surface area contributed by atoms with Crippen LogP contribution >= 0.6 is 0 Å². The van der Waals surface area contributed by atoms with Gasteiger partial charge in [0, 0.05) is 13.5 Å². The second-order valence-electron chi connectivity index (χ2n) is 7.01. The lowest BCUT2D eigenvalue weighted by Crippen LogP contribution is -2.04. The minimum atomic E-state index is -0.969. The van der Waals surface area contributed by atoms with Gasteiger partial charge in [-0.25, -0.2) is 9.78 Å². The number of carbonyl (C=O) groups is 1. The molecule has 1 heterocycles. The summed E-state index contributed by atoms with van der Waals surface area (Å²) in [5.41, 5.74) is 3.34. The fourth-order valence-electron chi connectivity index (χ4n) is 2.93. The van der Waals surface area contributed by atoms with Gasteiger partial charge in [-0.3, -0.25) is 0 Å². The second-order valence-corrected chi connectivity index (χ2v) is 7.01. The van der Waals surface area contributed by atoms with Gasteiger partial charge in [0.25, 0.3) is 0 Å². The number of carboxylic acid groups (broad SMARTS) is 1. The molecule has 0 radical (unpaired) electrons. The van der Waals surface area contributed by atoms with Crippen molar-refractivity contribution in [3.05, 3.63) is 96.1 Å². The zero-order valence-electron chi connectivity index (χ0n) is 19.0. The summed E-state index contributed by atoms with van der Waals surface area (Å²) >= 11 is 0. The molecule has 0 fully saturated rings. The topological polar surface area (TPSA) is 73.6 Å². The number of imidazole rings is 1. The van der Waals surface area contributed by atoms with Crippen LogP contribution in [-0.4, -0.2) is 27.7 Å². The van der Waals surface area contributed by atoms with Crippen LogP contribution in [0.3, 0.4) is 0 Å². The monoisotopic (exact) mass is 434 g/mol. The van der Waals surface area contributed by atoms with Crippen molar-refractivity contribution in [1.29, 1.82) is 0 Å². The summed E-state index contributed by atoms with van der Waals surface area (Å²) in [6, 6.07) is 12.6. The van der Waals surface area contributed by atoms with Gasteiger partial charge in [0.1, 0.15) is 18.2 Å². The number of hydrogen-bond donors (Lipinski definition) is 1. The molecular formula is C26H30N2O4. The molecule has 6 heteroatoms. The van der Waals surface area contributed by atoms with E-state index < -0.39 is 5.97 Å². The normalized spacial score (nSPS) is 11.2. The molecule has 0 saturated heterocycles. The first-order valence-electron chi connectivity index (χ1n) is 10.3. The van der Waals surface area contributed by atoms with Crippen molar-refractivity contribution in [3.8, 4) is 5.75 Å². The Bertz CT molecular complexity index is 1120. The quantitative estimate of drug-likeness (QED) is 0.357. The lowest BCUT2D eigenvalue weighted by Gasteiger charge is -2.07. The molecule has 0 saturated carbocycles. The molecule has 1 aromatic heterocycles. The van der Waals surface area contributed by atoms with E-state index in [4.69, 9.17) is 14.6 Å². The fourth-order valence-corrected chi connectivity index (χ4v) is 2.93. The van der Waals surface area contributed by atoms with Gasteiger partial charge in [0.2, 0.25) is 0 Å². The Hall–Kier alpha value is -3.80. The van der Waals surface area contributed by atoms with Crippen molar-refractivity contribution < 1.29 is 19.4 Å². The Morgan fingerprint density at radius 3 is 2.66 bits per heavy atom. The van der Waals surface area contributed by atoms with Gasteiger partial charge in [0.05, 0.1) is 29.5 Å². The first-order chi connectivity index (χ1) is 15.4. The van der Waals surface area contributed by atoms with Crippen LogP contribution in [-0.2, 0) is 18.4 Å². The van der Waals surface area contributed by atoms with E-state index in [1.165, 1.54) is 12.1 Å². The summed E-state index contributed by atoms with van der Waals surface area (Å²) in [7, 11) is 3.62. The summed E-state index contributed by atoms with van der Waals surface area (Å²) in [5, 5.41) is 8.99. The van der Waals surface area contributed by atoms with Crippen LogP contribution in [0.25, 0.3) is 11.0 Å². The van der Waals surface area contributed by atoms with Crippen molar-refractivity contribution in [2.75, 3.05) is 7.11 Å². The molecule has 3 rings (SSSR count). The van der Waals surface area contributed by atoms with E-state index in [-0.39, 0.29) is 12.2 Å². The molecule has 0 atom stereocenters. The van der Waals surface area contributed by atoms with Crippen LogP contribution in [0.1, 0.15) is 35.1 Å². The van der Waals surface area contributed by atoms with Crippen LogP contribution in [0.15, 0.2) is 79.1 Å². The Kier molecular flexibility index (Phi) is 9.29. The molecule has 0 spiro atoms. The van der Waals surface area contributed by atoms with Crippen LogP contribution < -0.4 is 4.74 Å². The lowest BCUT2D eigenvalue weighted by molar-refractivity contribution is 0.0696. The van der Waals surface area contributed by atoms with Gasteiger partial charge in [-0.05, 0) is 48.9 Å². The molecule has 0 aliphatic rings. The highest BCUT2D eigenvalue weighted by molar-refractivity contribution is 5.88. The third-order valence-electron chi connectivity index (χ3n) is 4.72. The van der Waals surface area contributed by atoms with Gasteiger partial charge >= 0.3 is 5.97 Å². The van der Waals surface area contributed by atoms with Gasteiger partial charge < -0.3 is 19.1 Å². The summed E-state index contributed by atoms with van der Waals surface area (Å²) in [6.45, 7) is 7.92. The molecule has 3 aromatic rings. The minimum Gasteiger partial charge on any atom is -0.501 e. The number of carboxylic acids is 1. The third kappa shape index (κ3) is 6.87. The Morgan fingerprint density at radius 2 is 2.00 bits per heavy atom. The lowest BCUT2D eigenvalue weighted by atomic mass is 10.2. The van der Waals surface area contributed by atoms with Crippen LogP contribution in [0.4, 0.5) is 0 Å². The van der Waals surface area contributed by atoms with Crippen molar-refractivity contribution in [1.82, 2.24) is 9.55 Å². The smallest absolute Gasteiger partial charge is 0.335 e. The molecular weight excluding hydrogens is 404 g/mol. The number of allylic oxidation sites excluding steroid dienone is 5. The van der Waals surface area contributed by atoms with E-state index in [2.05, 4.69) is 18.5 Å². The number of aromatic nitrogens is 2. The molecule has 6 nitrogen and oxygen atoms in total. The number of benzene rings is 2. The van der Waals surface area contributed by atoms with E-state index >= 15 is 0 Å². The summed E-state index contributed by atoms with van der Waals surface area (Å²) in [6.07, 6.45) is 8.38. The van der Waals surface area contributed by atoms with Crippen molar-refractivity contribution in [3.63, 3.8) is 0 Å². The summed E-state index contributed by atoms with van der Waals surface area (Å²) in [5.74, 6) is 1.33. The fraction of sp³-hybridized carbons (Fsp3) is 0.231. The first kappa shape index (κ1) is 24.5. The average Bonchev–Trinajstić information content (AvgIpc) is 3.10. The minimum absolute atomic E-state index is 0.207. The van der Waals surface area contributed by atoms with Crippen molar-refractivity contribution in [2.45, 2.75) is 26.9 Å². The molecule has 168 valence electrons. The molecule has 0 bridgehead atoms. The summed E-state index contributed by atoms with van der Waals surface area (Å²) < 4.78 is 12.7. The molecule has 32 heavy (non-hydrogen) atoms.